The first-order valence-corrected chi connectivity index (χ1v) is 23.2. The maximum atomic E-state index is 6.82. The van der Waals surface area contributed by atoms with Crippen LogP contribution in [0.5, 0.6) is 11.5 Å². The van der Waals surface area contributed by atoms with Gasteiger partial charge in [-0.25, -0.2) is 4.98 Å². The smallest absolute Gasteiger partial charge is 0.269 e. The van der Waals surface area contributed by atoms with E-state index in [4.69, 9.17) is 9.72 Å². The van der Waals surface area contributed by atoms with Gasteiger partial charge in [0.25, 0.3) is 6.33 Å². The summed E-state index contributed by atoms with van der Waals surface area (Å²) in [5, 5.41) is 2.29. The Morgan fingerprint density at radius 3 is 1.63 bits per heavy atom. The van der Waals surface area contributed by atoms with Crippen LogP contribution in [0.1, 0.15) is 52.7 Å². The summed E-state index contributed by atoms with van der Waals surface area (Å²) in [7, 11) is 0. The zero-order valence-electron chi connectivity index (χ0n) is 38.7. The molecular formula is C62H50N4O. The number of fused-ring (bicyclic) bond motifs is 12. The van der Waals surface area contributed by atoms with E-state index in [1.165, 1.54) is 44.5 Å². The number of rotatable bonds is 5. The third-order valence-corrected chi connectivity index (χ3v) is 13.5. The zero-order chi connectivity index (χ0) is 45.6. The van der Waals surface area contributed by atoms with Gasteiger partial charge in [0.05, 0.1) is 33.4 Å². The number of imidazole rings is 1. The third-order valence-electron chi connectivity index (χ3n) is 13.5. The zero-order valence-corrected chi connectivity index (χ0v) is 38.7. The van der Waals surface area contributed by atoms with Crippen molar-refractivity contribution < 1.29 is 9.30 Å². The normalized spacial score (nSPS) is 12.3. The van der Waals surface area contributed by atoms with E-state index in [9.17, 15) is 0 Å². The number of ether oxygens (including phenoxy) is 1. The Kier molecular flexibility index (Phi) is 9.24. The Morgan fingerprint density at radius 1 is 0.448 bits per heavy atom. The van der Waals surface area contributed by atoms with Gasteiger partial charge in [0.1, 0.15) is 17.3 Å². The van der Waals surface area contributed by atoms with Crippen LogP contribution in [0.2, 0.25) is 0 Å². The number of pyridine rings is 1. The van der Waals surface area contributed by atoms with Crippen LogP contribution in [0.3, 0.4) is 0 Å². The summed E-state index contributed by atoms with van der Waals surface area (Å²) in [5.41, 5.74) is 18.3. The Labute approximate surface area is 391 Å². The molecule has 0 aliphatic heterocycles. The fraction of sp³-hybridized carbons (Fsp3) is 0.129. The van der Waals surface area contributed by atoms with Crippen LogP contribution in [-0.2, 0) is 10.8 Å². The summed E-state index contributed by atoms with van der Waals surface area (Å²) in [6, 6.07) is 67.3. The summed E-state index contributed by atoms with van der Waals surface area (Å²) in [6.45, 7) is 13.7. The molecule has 0 fully saturated rings. The second-order valence-corrected chi connectivity index (χ2v) is 19.9. The number of hydrogen-bond donors (Lipinski definition) is 0. The molecule has 67 heavy (non-hydrogen) atoms. The first-order valence-electron chi connectivity index (χ1n) is 23.2. The second-order valence-electron chi connectivity index (χ2n) is 19.9. The molecule has 3 heterocycles. The van der Waals surface area contributed by atoms with Gasteiger partial charge in [-0.3, -0.25) is 13.7 Å². The van der Waals surface area contributed by atoms with Gasteiger partial charge in [0.15, 0.2) is 0 Å². The van der Waals surface area contributed by atoms with Crippen molar-refractivity contribution in [3.63, 3.8) is 0 Å². The minimum atomic E-state index is -0.0132. The lowest BCUT2D eigenvalue weighted by atomic mass is 9.80. The van der Waals surface area contributed by atoms with E-state index in [0.717, 1.165) is 72.7 Å². The quantitative estimate of drug-likeness (QED) is 0.128. The fourth-order valence-electron chi connectivity index (χ4n) is 10.00. The van der Waals surface area contributed by atoms with E-state index >= 15 is 0 Å². The highest BCUT2D eigenvalue weighted by Gasteiger charge is 2.25. The standard InChI is InChI=1S/C62H50N4O/c1-61(2,3)40-32-41(62(4,5)6)34-43(33-40)65-39-64(57-28-15-16-29-58(57)65)42-18-17-19-44(35-42)67-45-30-31-53-52-26-13-14-27-56(52)66(59(53)36-45)60-37-54-50-24-11-9-22-48(50)46-20-7-8-21-47(46)49-23-10-12-25-51(49)55(54)38-63-60/h7-38H,1-6H3. The van der Waals surface area contributed by atoms with Gasteiger partial charge in [-0.1, -0.05) is 169 Å². The molecule has 1 aliphatic carbocycles. The highest BCUT2D eigenvalue weighted by Crippen LogP contribution is 2.48. The van der Waals surface area contributed by atoms with Crippen molar-refractivity contribution >= 4 is 32.8 Å². The van der Waals surface area contributed by atoms with Gasteiger partial charge in [-0.05, 0) is 115 Å². The van der Waals surface area contributed by atoms with Crippen LogP contribution >= 0.6 is 0 Å². The molecule has 1 aliphatic rings. The molecule has 0 N–H and O–H groups in total. The lowest BCUT2D eigenvalue weighted by molar-refractivity contribution is -0.572. The van der Waals surface area contributed by atoms with Crippen LogP contribution in [0.25, 0.3) is 94.5 Å². The Hall–Kier alpha value is -8.02. The molecule has 3 aromatic heterocycles. The molecule has 0 saturated carbocycles. The largest absolute Gasteiger partial charge is 0.458 e. The van der Waals surface area contributed by atoms with Gasteiger partial charge in [0, 0.05) is 28.6 Å². The van der Waals surface area contributed by atoms with E-state index < -0.39 is 0 Å². The number of para-hydroxylation sites is 3. The maximum Gasteiger partial charge on any atom is 0.269 e. The topological polar surface area (TPSA) is 35.9 Å². The average molecular weight is 867 g/mol. The molecule has 0 unspecified atom stereocenters. The molecule has 0 saturated heterocycles. The third kappa shape index (κ3) is 6.84. The molecule has 0 spiro atoms. The van der Waals surface area contributed by atoms with E-state index in [0.29, 0.717) is 0 Å². The van der Waals surface area contributed by atoms with E-state index in [-0.39, 0.29) is 10.8 Å². The second kappa shape index (κ2) is 15.3. The van der Waals surface area contributed by atoms with Crippen LogP contribution in [0.4, 0.5) is 0 Å². The van der Waals surface area contributed by atoms with E-state index in [2.05, 4.69) is 250 Å². The van der Waals surface area contributed by atoms with Crippen molar-refractivity contribution in [2.24, 2.45) is 0 Å². The monoisotopic (exact) mass is 866 g/mol. The maximum absolute atomic E-state index is 6.82. The molecule has 5 nitrogen and oxygen atoms in total. The molecule has 12 rings (SSSR count). The van der Waals surface area contributed by atoms with Crippen molar-refractivity contribution in [3.8, 4) is 73.2 Å². The van der Waals surface area contributed by atoms with E-state index in [1.807, 2.05) is 6.07 Å². The van der Waals surface area contributed by atoms with Crippen molar-refractivity contribution in [1.29, 1.82) is 0 Å². The van der Waals surface area contributed by atoms with Crippen LogP contribution in [0, 0.1) is 6.33 Å². The van der Waals surface area contributed by atoms with Crippen molar-refractivity contribution in [2.75, 3.05) is 0 Å². The number of benzene rings is 8. The van der Waals surface area contributed by atoms with Gasteiger partial charge in [0.2, 0.25) is 0 Å². The SMILES string of the molecule is CC(C)(C)c1cc(-[n+]2[c-]n(-c3cccc(Oc4ccc5c6ccccc6n(-c6cc7c(cn6)-c6ccccc6-c6ccccc6-c6ccccc6-7)c5c4)c3)c3ccccc32)cc(C(C)(C)C)c1. The molecule has 5 heteroatoms. The van der Waals surface area contributed by atoms with Gasteiger partial charge < -0.3 is 4.74 Å². The first-order chi connectivity index (χ1) is 32.5. The first kappa shape index (κ1) is 40.5. The summed E-state index contributed by atoms with van der Waals surface area (Å²) in [4.78, 5) is 5.29. The van der Waals surface area contributed by atoms with Crippen molar-refractivity contribution in [1.82, 2.24) is 14.1 Å². The van der Waals surface area contributed by atoms with Gasteiger partial charge in [-0.15, -0.1) is 0 Å². The minimum absolute atomic E-state index is 0.0132. The highest BCUT2D eigenvalue weighted by atomic mass is 16.5. The molecule has 8 aromatic carbocycles. The summed E-state index contributed by atoms with van der Waals surface area (Å²) in [5.74, 6) is 2.31. The molecule has 0 amide bonds. The summed E-state index contributed by atoms with van der Waals surface area (Å²) in [6.07, 6.45) is 5.82. The molecule has 0 radical (unpaired) electrons. The molecule has 0 atom stereocenters. The Balaban J connectivity index is 0.964. The highest BCUT2D eigenvalue weighted by molar-refractivity contribution is 6.10. The Bertz CT molecular complexity index is 3720. The van der Waals surface area contributed by atoms with Crippen molar-refractivity contribution in [2.45, 2.75) is 52.4 Å². The lowest BCUT2D eigenvalue weighted by Crippen LogP contribution is -2.31. The van der Waals surface area contributed by atoms with Gasteiger partial charge in [-0.2, -0.15) is 0 Å². The van der Waals surface area contributed by atoms with Crippen molar-refractivity contribution in [3.05, 3.63) is 212 Å². The molecular weight excluding hydrogens is 817 g/mol. The predicted octanol–water partition coefficient (Wildman–Crippen LogP) is 15.6. The molecule has 11 aromatic rings. The van der Waals surface area contributed by atoms with Crippen LogP contribution in [0.15, 0.2) is 194 Å². The number of aromatic nitrogens is 4. The van der Waals surface area contributed by atoms with Gasteiger partial charge >= 0.3 is 0 Å². The van der Waals surface area contributed by atoms with Crippen LogP contribution < -0.4 is 9.30 Å². The molecule has 0 bridgehead atoms. The lowest BCUT2D eigenvalue weighted by Gasteiger charge is -2.26. The number of hydrogen-bond acceptors (Lipinski definition) is 2. The van der Waals surface area contributed by atoms with Crippen LogP contribution in [-0.4, -0.2) is 14.1 Å². The fourth-order valence-corrected chi connectivity index (χ4v) is 10.00. The Morgan fingerprint density at radius 2 is 0.985 bits per heavy atom. The van der Waals surface area contributed by atoms with E-state index in [1.54, 1.807) is 0 Å². The molecule has 324 valence electrons. The summed E-state index contributed by atoms with van der Waals surface area (Å²) < 4.78 is 13.5. The summed E-state index contributed by atoms with van der Waals surface area (Å²) >= 11 is 0. The average Bonchev–Trinajstić information content (AvgIpc) is 3.89. The minimum Gasteiger partial charge on any atom is -0.458 e. The number of nitrogens with zero attached hydrogens (tertiary/aromatic N) is 4. The predicted molar refractivity (Wildman–Crippen MR) is 275 cm³/mol.